The van der Waals surface area contributed by atoms with Crippen LogP contribution in [0.1, 0.15) is 44.5 Å². The van der Waals surface area contributed by atoms with Gasteiger partial charge >= 0.3 is 0 Å². The van der Waals surface area contributed by atoms with Gasteiger partial charge in [0.15, 0.2) is 0 Å². The fourth-order valence-electron chi connectivity index (χ4n) is 4.28. The fourth-order valence-corrected chi connectivity index (χ4v) is 4.28. The van der Waals surface area contributed by atoms with Crippen LogP contribution in [-0.2, 0) is 12.5 Å². The number of hydrogen-bond acceptors (Lipinski definition) is 5. The molecule has 1 unspecified atom stereocenters. The number of anilines is 2. The molecule has 2 aromatic carbocycles. The maximum Gasteiger partial charge on any atom is 0.299 e. The molecule has 0 spiro atoms. The van der Waals surface area contributed by atoms with Gasteiger partial charge in [0, 0.05) is 23.0 Å². The Morgan fingerprint density at radius 1 is 1.08 bits per heavy atom. The van der Waals surface area contributed by atoms with Crippen LogP contribution in [-0.4, -0.2) is 32.6 Å². The number of amides is 2. The van der Waals surface area contributed by atoms with E-state index in [1.54, 1.807) is 31.2 Å². The van der Waals surface area contributed by atoms with Gasteiger partial charge in [-0.3, -0.25) is 19.2 Å². The first-order chi connectivity index (χ1) is 17.8. The molecule has 0 aliphatic carbocycles. The van der Waals surface area contributed by atoms with Crippen LogP contribution in [0.3, 0.4) is 0 Å². The van der Waals surface area contributed by atoms with Crippen molar-refractivity contribution >= 4 is 23.3 Å². The predicted molar refractivity (Wildman–Crippen MR) is 131 cm³/mol. The largest absolute Gasteiger partial charge is 0.322 e. The summed E-state index contributed by atoms with van der Waals surface area (Å²) in [5, 5.41) is 16.0. The zero-order chi connectivity index (χ0) is 26.2. The Balaban J connectivity index is 1.42. The summed E-state index contributed by atoms with van der Waals surface area (Å²) in [5.74, 6) is -4.16. The molecule has 0 fully saturated rings. The van der Waals surface area contributed by atoms with Gasteiger partial charge in [0.05, 0.1) is 36.0 Å². The normalized spacial score (nSPS) is 15.1. The lowest BCUT2D eigenvalue weighted by molar-refractivity contribution is 0.0425. The first kappa shape index (κ1) is 23.8. The molecule has 0 saturated carbocycles. The second-order valence-corrected chi connectivity index (χ2v) is 8.61. The molecule has 3 heterocycles. The minimum Gasteiger partial charge on any atom is -0.322 e. The Labute approximate surface area is 210 Å². The van der Waals surface area contributed by atoms with Crippen LogP contribution >= 0.6 is 0 Å². The third-order valence-electron chi connectivity index (χ3n) is 6.13. The van der Waals surface area contributed by atoms with Crippen LogP contribution in [0.25, 0.3) is 0 Å². The van der Waals surface area contributed by atoms with Crippen molar-refractivity contribution in [3.05, 3.63) is 107 Å². The molecule has 2 aromatic heterocycles. The van der Waals surface area contributed by atoms with E-state index < -0.39 is 23.8 Å². The van der Waals surface area contributed by atoms with Crippen LogP contribution in [0, 0.1) is 11.3 Å². The molecule has 2 amide bonds. The first-order valence-corrected chi connectivity index (χ1v) is 11.4. The molecule has 1 aliphatic heterocycles. The molecule has 1 atom stereocenters. The number of fused-ring (bicyclic) bond motifs is 1. The quantitative estimate of drug-likeness (QED) is 0.433. The molecule has 0 radical (unpaired) electrons. The number of aromatic nitrogens is 3. The Morgan fingerprint density at radius 3 is 2.57 bits per heavy atom. The highest BCUT2D eigenvalue weighted by Crippen LogP contribution is 2.36. The van der Waals surface area contributed by atoms with Gasteiger partial charge in [-0.2, -0.15) is 19.1 Å². The number of alkyl halides is 2. The van der Waals surface area contributed by atoms with Crippen LogP contribution in [0.4, 0.5) is 20.3 Å². The van der Waals surface area contributed by atoms with Gasteiger partial charge in [-0.05, 0) is 37.3 Å². The maximum absolute atomic E-state index is 14.9. The number of rotatable bonds is 5. The molecular weight excluding hydrogens is 478 g/mol. The summed E-state index contributed by atoms with van der Waals surface area (Å²) in [4.78, 5) is 32.1. The molecule has 1 aliphatic rings. The van der Waals surface area contributed by atoms with E-state index in [4.69, 9.17) is 5.26 Å². The molecule has 37 heavy (non-hydrogen) atoms. The van der Waals surface area contributed by atoms with Gasteiger partial charge in [0.1, 0.15) is 11.5 Å². The topological polar surface area (TPSA) is 104 Å². The molecule has 0 saturated heterocycles. The van der Waals surface area contributed by atoms with E-state index in [1.807, 2.05) is 6.07 Å². The average Bonchev–Trinajstić information content (AvgIpc) is 3.34. The number of carbonyl (C=O) groups is 2. The molecular formula is C27H20F2N6O2. The smallest absolute Gasteiger partial charge is 0.299 e. The summed E-state index contributed by atoms with van der Waals surface area (Å²) in [6.07, 6.45) is 2.37. The van der Waals surface area contributed by atoms with Crippen LogP contribution in [0.2, 0.25) is 0 Å². The Morgan fingerprint density at radius 2 is 1.86 bits per heavy atom. The van der Waals surface area contributed by atoms with Gasteiger partial charge < -0.3 is 5.32 Å². The van der Waals surface area contributed by atoms with Gasteiger partial charge in [0.25, 0.3) is 17.7 Å². The Bertz CT molecular complexity index is 1530. The summed E-state index contributed by atoms with van der Waals surface area (Å²) in [6, 6.07) is 18.0. The Hall–Kier alpha value is -4.91. The van der Waals surface area contributed by atoms with E-state index in [0.717, 1.165) is 6.20 Å². The van der Waals surface area contributed by atoms with Crippen molar-refractivity contribution in [2.75, 3.05) is 10.2 Å². The fraction of sp³-hybridized carbons (Fsp3) is 0.148. The van der Waals surface area contributed by atoms with Crippen molar-refractivity contribution in [1.29, 1.82) is 5.26 Å². The van der Waals surface area contributed by atoms with Crippen LogP contribution in [0.15, 0.2) is 79.1 Å². The van der Waals surface area contributed by atoms with Crippen molar-refractivity contribution in [3.8, 4) is 6.07 Å². The summed E-state index contributed by atoms with van der Waals surface area (Å²) in [5.41, 5.74) is 0.424. The summed E-state index contributed by atoms with van der Waals surface area (Å²) < 4.78 is 31.3. The lowest BCUT2D eigenvalue weighted by Crippen LogP contribution is -2.48. The van der Waals surface area contributed by atoms with E-state index in [9.17, 15) is 18.4 Å². The second kappa shape index (κ2) is 9.28. The SMILES string of the molecule is CC1Cn2ncc(C(=O)Nc3cccc(C#N)c3)c2C(=O)N1c1ccc(C(F)(F)c2ccccc2)cn1. The van der Waals surface area contributed by atoms with Gasteiger partial charge in [-0.25, -0.2) is 4.98 Å². The number of pyridine rings is 1. The van der Waals surface area contributed by atoms with Crippen molar-refractivity contribution in [1.82, 2.24) is 14.8 Å². The highest BCUT2D eigenvalue weighted by atomic mass is 19.3. The maximum atomic E-state index is 14.9. The third-order valence-corrected chi connectivity index (χ3v) is 6.13. The number of hydrogen-bond donors (Lipinski definition) is 1. The number of nitrogens with zero attached hydrogens (tertiary/aromatic N) is 5. The van der Waals surface area contributed by atoms with Crippen molar-refractivity contribution in [2.24, 2.45) is 0 Å². The zero-order valence-corrected chi connectivity index (χ0v) is 19.6. The van der Waals surface area contributed by atoms with E-state index in [2.05, 4.69) is 15.4 Å². The minimum atomic E-state index is -3.25. The Kier molecular flexibility index (Phi) is 5.97. The number of benzene rings is 2. The van der Waals surface area contributed by atoms with Gasteiger partial charge in [-0.15, -0.1) is 0 Å². The monoisotopic (exact) mass is 498 g/mol. The number of halogens is 2. The summed E-state index contributed by atoms with van der Waals surface area (Å²) in [7, 11) is 0. The van der Waals surface area contributed by atoms with Gasteiger partial charge in [-0.1, -0.05) is 36.4 Å². The third kappa shape index (κ3) is 4.31. The molecule has 1 N–H and O–H groups in total. The number of carbonyl (C=O) groups excluding carboxylic acids is 2. The van der Waals surface area contributed by atoms with E-state index in [1.165, 1.54) is 58.2 Å². The van der Waals surface area contributed by atoms with Crippen molar-refractivity contribution in [3.63, 3.8) is 0 Å². The first-order valence-electron chi connectivity index (χ1n) is 11.4. The van der Waals surface area contributed by atoms with E-state index >= 15 is 0 Å². The van der Waals surface area contributed by atoms with Crippen LogP contribution in [0.5, 0.6) is 0 Å². The van der Waals surface area contributed by atoms with E-state index in [-0.39, 0.29) is 34.7 Å². The number of nitriles is 1. The minimum absolute atomic E-state index is 0.0523. The van der Waals surface area contributed by atoms with E-state index in [0.29, 0.717) is 11.3 Å². The second-order valence-electron chi connectivity index (χ2n) is 8.61. The summed E-state index contributed by atoms with van der Waals surface area (Å²) >= 11 is 0. The number of nitrogens with one attached hydrogen (secondary N) is 1. The highest BCUT2D eigenvalue weighted by Gasteiger charge is 2.38. The standard InChI is InChI=1S/C27H20F2N6O2/c1-17-16-34-24(22(15-32-34)25(36)33-21-9-5-6-18(12-21)13-30)26(37)35(17)23-11-10-20(14-31-23)27(28,29)19-7-3-2-4-8-19/h2-12,14-15,17H,16H2,1H3,(H,33,36). The average molecular weight is 498 g/mol. The molecule has 4 aromatic rings. The molecule has 0 bridgehead atoms. The lowest BCUT2D eigenvalue weighted by Gasteiger charge is -2.33. The lowest BCUT2D eigenvalue weighted by atomic mass is 10.0. The predicted octanol–water partition coefficient (Wildman–Crippen LogP) is 4.59. The zero-order valence-electron chi connectivity index (χ0n) is 19.6. The molecule has 10 heteroatoms. The van der Waals surface area contributed by atoms with Crippen molar-refractivity contribution < 1.29 is 18.4 Å². The van der Waals surface area contributed by atoms with Crippen molar-refractivity contribution in [2.45, 2.75) is 25.4 Å². The highest BCUT2D eigenvalue weighted by molar-refractivity contribution is 6.15. The molecule has 8 nitrogen and oxygen atoms in total. The van der Waals surface area contributed by atoms with Gasteiger partial charge in [0.2, 0.25) is 0 Å². The molecule has 184 valence electrons. The molecule has 5 rings (SSSR count). The van der Waals surface area contributed by atoms with Crippen LogP contribution < -0.4 is 10.2 Å². The summed E-state index contributed by atoms with van der Waals surface area (Å²) in [6.45, 7) is 2.06.